The van der Waals surface area contributed by atoms with E-state index in [1.807, 2.05) is 18.3 Å². The number of aromatic amines is 1. The Bertz CT molecular complexity index is 164. The van der Waals surface area contributed by atoms with Crippen LogP contribution in [0.4, 0.5) is 5.82 Å². The Labute approximate surface area is 47.5 Å². The highest BCUT2D eigenvalue weighted by molar-refractivity contribution is 5.24. The molecule has 0 unspecified atom stereocenters. The third-order valence-electron chi connectivity index (χ3n) is 0.789. The van der Waals surface area contributed by atoms with E-state index in [-0.39, 0.29) is 0 Å². The highest BCUT2D eigenvalue weighted by Crippen LogP contribution is 2.04. The van der Waals surface area contributed by atoms with Crippen molar-refractivity contribution in [3.63, 3.8) is 0 Å². The lowest BCUT2D eigenvalue weighted by molar-refractivity contribution is 1.13. The van der Waals surface area contributed by atoms with Gasteiger partial charge in [0.2, 0.25) is 0 Å². The summed E-state index contributed by atoms with van der Waals surface area (Å²) in [7, 11) is 1.64. The van der Waals surface area contributed by atoms with Crippen molar-refractivity contribution in [2.75, 3.05) is 7.05 Å². The Morgan fingerprint density at radius 3 is 3.00 bits per heavy atom. The molecule has 0 atom stereocenters. The molecule has 1 aromatic rings. The summed E-state index contributed by atoms with van der Waals surface area (Å²) in [6, 6.07) is 3.73. The van der Waals surface area contributed by atoms with Gasteiger partial charge in [-0.3, -0.25) is 0 Å². The highest BCUT2D eigenvalue weighted by atomic mass is 15.1. The first-order valence-electron chi connectivity index (χ1n) is 2.36. The van der Waals surface area contributed by atoms with Crippen LogP contribution >= 0.6 is 0 Å². The molecule has 0 radical (unpaired) electrons. The number of aromatic nitrogens is 1. The number of hydrogen-bond donors (Lipinski definition) is 1. The third-order valence-corrected chi connectivity index (χ3v) is 0.789. The van der Waals surface area contributed by atoms with Gasteiger partial charge in [-0.15, -0.1) is 5.11 Å². The quantitative estimate of drug-likeness (QED) is 0.533. The standard InChI is InChI=1S/C5H7N3/c1-6-8-5-3-2-4-7-5/h2-4,7H,1H3. The van der Waals surface area contributed by atoms with E-state index in [9.17, 15) is 0 Å². The van der Waals surface area contributed by atoms with Crippen LogP contribution in [0, 0.1) is 0 Å². The van der Waals surface area contributed by atoms with E-state index in [2.05, 4.69) is 15.2 Å². The second-order valence-corrected chi connectivity index (χ2v) is 1.36. The van der Waals surface area contributed by atoms with E-state index in [0.29, 0.717) is 0 Å². The summed E-state index contributed by atoms with van der Waals surface area (Å²) in [6.07, 6.45) is 1.81. The number of nitrogens with one attached hydrogen (secondary N) is 1. The molecule has 3 heteroatoms. The maximum absolute atomic E-state index is 3.74. The molecule has 42 valence electrons. The molecule has 0 aromatic carbocycles. The lowest BCUT2D eigenvalue weighted by Crippen LogP contribution is -1.55. The van der Waals surface area contributed by atoms with Gasteiger partial charge in [-0.05, 0) is 12.1 Å². The van der Waals surface area contributed by atoms with Crippen LogP contribution in [0.2, 0.25) is 0 Å². The average molecular weight is 109 g/mol. The lowest BCUT2D eigenvalue weighted by Gasteiger charge is -1.76. The van der Waals surface area contributed by atoms with E-state index >= 15 is 0 Å². The molecule has 0 amide bonds. The molecule has 0 bridgehead atoms. The zero-order valence-electron chi connectivity index (χ0n) is 4.63. The van der Waals surface area contributed by atoms with Gasteiger partial charge in [0, 0.05) is 13.2 Å². The third kappa shape index (κ3) is 0.932. The minimum absolute atomic E-state index is 0.799. The summed E-state index contributed by atoms with van der Waals surface area (Å²) in [5.41, 5.74) is 0. The highest BCUT2D eigenvalue weighted by Gasteiger charge is 1.81. The molecule has 0 fully saturated rings. The molecular weight excluding hydrogens is 102 g/mol. The molecule has 0 aliphatic heterocycles. The van der Waals surface area contributed by atoms with E-state index in [0.717, 1.165) is 5.82 Å². The molecule has 1 heterocycles. The van der Waals surface area contributed by atoms with Crippen molar-refractivity contribution in [3.05, 3.63) is 18.3 Å². The minimum atomic E-state index is 0.799. The molecule has 0 aliphatic rings. The van der Waals surface area contributed by atoms with Crippen LogP contribution in [-0.4, -0.2) is 12.0 Å². The van der Waals surface area contributed by atoms with Gasteiger partial charge in [-0.2, -0.15) is 5.11 Å². The first-order chi connectivity index (χ1) is 3.93. The van der Waals surface area contributed by atoms with Crippen LogP contribution in [0.3, 0.4) is 0 Å². The molecule has 1 N–H and O–H groups in total. The summed E-state index contributed by atoms with van der Waals surface area (Å²) >= 11 is 0. The van der Waals surface area contributed by atoms with Gasteiger partial charge in [0.15, 0.2) is 5.82 Å². The fourth-order valence-corrected chi connectivity index (χ4v) is 0.491. The van der Waals surface area contributed by atoms with Crippen molar-refractivity contribution in [1.29, 1.82) is 0 Å². The Balaban J connectivity index is 2.77. The van der Waals surface area contributed by atoms with Gasteiger partial charge in [0.25, 0.3) is 0 Å². The Kier molecular flexibility index (Phi) is 1.42. The molecule has 1 rings (SSSR count). The molecule has 8 heavy (non-hydrogen) atoms. The van der Waals surface area contributed by atoms with Crippen molar-refractivity contribution >= 4 is 5.82 Å². The van der Waals surface area contributed by atoms with Gasteiger partial charge in [0.05, 0.1) is 0 Å². The van der Waals surface area contributed by atoms with E-state index in [1.54, 1.807) is 7.05 Å². The second-order valence-electron chi connectivity index (χ2n) is 1.36. The van der Waals surface area contributed by atoms with Crippen LogP contribution < -0.4 is 0 Å². The summed E-state index contributed by atoms with van der Waals surface area (Å²) in [4.78, 5) is 2.88. The Morgan fingerprint density at radius 2 is 2.50 bits per heavy atom. The van der Waals surface area contributed by atoms with E-state index in [4.69, 9.17) is 0 Å². The summed E-state index contributed by atoms with van der Waals surface area (Å²) < 4.78 is 0. The predicted octanol–water partition coefficient (Wildman–Crippen LogP) is 1.73. The van der Waals surface area contributed by atoms with Crippen molar-refractivity contribution in [2.24, 2.45) is 10.2 Å². The van der Waals surface area contributed by atoms with E-state index in [1.165, 1.54) is 0 Å². The average Bonchev–Trinajstić information content (AvgIpc) is 2.19. The molecule has 1 aromatic heterocycles. The summed E-state index contributed by atoms with van der Waals surface area (Å²) in [5.74, 6) is 0.799. The van der Waals surface area contributed by atoms with Crippen LogP contribution in [-0.2, 0) is 0 Å². The van der Waals surface area contributed by atoms with Crippen molar-refractivity contribution in [1.82, 2.24) is 4.98 Å². The monoisotopic (exact) mass is 109 g/mol. The van der Waals surface area contributed by atoms with Crippen LogP contribution in [0.15, 0.2) is 28.6 Å². The lowest BCUT2D eigenvalue weighted by atomic mass is 10.6. The summed E-state index contributed by atoms with van der Waals surface area (Å²) in [6.45, 7) is 0. The topological polar surface area (TPSA) is 40.5 Å². The fraction of sp³-hybridized carbons (Fsp3) is 0.200. The van der Waals surface area contributed by atoms with Crippen LogP contribution in [0.25, 0.3) is 0 Å². The van der Waals surface area contributed by atoms with Gasteiger partial charge < -0.3 is 4.98 Å². The number of azo groups is 1. The van der Waals surface area contributed by atoms with Gasteiger partial charge >= 0.3 is 0 Å². The number of H-pyrrole nitrogens is 1. The fourth-order valence-electron chi connectivity index (χ4n) is 0.491. The largest absolute Gasteiger partial charge is 0.345 e. The zero-order chi connectivity index (χ0) is 5.82. The van der Waals surface area contributed by atoms with Crippen LogP contribution in [0.1, 0.15) is 0 Å². The maximum Gasteiger partial charge on any atom is 0.152 e. The van der Waals surface area contributed by atoms with Gasteiger partial charge in [-0.25, -0.2) is 0 Å². The number of rotatable bonds is 1. The minimum Gasteiger partial charge on any atom is -0.345 e. The second kappa shape index (κ2) is 2.26. The normalized spacial score (nSPS) is 10.6. The molecular formula is C5H7N3. The maximum atomic E-state index is 3.74. The number of hydrogen-bond acceptors (Lipinski definition) is 2. The Morgan fingerprint density at radius 1 is 1.62 bits per heavy atom. The Hall–Kier alpha value is -1.12. The first kappa shape index (κ1) is 5.03. The molecule has 0 aliphatic carbocycles. The first-order valence-corrected chi connectivity index (χ1v) is 2.36. The van der Waals surface area contributed by atoms with Gasteiger partial charge in [0.1, 0.15) is 0 Å². The van der Waals surface area contributed by atoms with Crippen molar-refractivity contribution in [3.8, 4) is 0 Å². The van der Waals surface area contributed by atoms with Gasteiger partial charge in [-0.1, -0.05) is 0 Å². The van der Waals surface area contributed by atoms with E-state index < -0.39 is 0 Å². The van der Waals surface area contributed by atoms with Crippen molar-refractivity contribution in [2.45, 2.75) is 0 Å². The van der Waals surface area contributed by atoms with Crippen molar-refractivity contribution < 1.29 is 0 Å². The smallest absolute Gasteiger partial charge is 0.152 e. The zero-order valence-corrected chi connectivity index (χ0v) is 4.63. The van der Waals surface area contributed by atoms with Crippen LogP contribution in [0.5, 0.6) is 0 Å². The SMILES string of the molecule is CN=Nc1ccc[nH]1. The molecule has 0 spiro atoms. The summed E-state index contributed by atoms with van der Waals surface area (Å²) in [5, 5.41) is 7.31. The molecule has 0 saturated heterocycles. The number of nitrogens with zero attached hydrogens (tertiary/aromatic N) is 2. The molecule has 0 saturated carbocycles. The molecule has 3 nitrogen and oxygen atoms in total. The predicted molar refractivity (Wildman–Crippen MR) is 31.2 cm³/mol.